The summed E-state index contributed by atoms with van der Waals surface area (Å²) in [6.07, 6.45) is 3.19. The quantitative estimate of drug-likeness (QED) is 0.565. The van der Waals surface area contributed by atoms with E-state index in [0.717, 1.165) is 11.8 Å². The normalized spacial score (nSPS) is 36.3. The molecule has 0 amide bonds. The van der Waals surface area contributed by atoms with Gasteiger partial charge < -0.3 is 4.74 Å². The highest BCUT2D eigenvalue weighted by Gasteiger charge is 2.40. The van der Waals surface area contributed by atoms with E-state index in [2.05, 4.69) is 13.8 Å². The van der Waals surface area contributed by atoms with Crippen molar-refractivity contribution in [2.45, 2.75) is 32.8 Å². The van der Waals surface area contributed by atoms with Gasteiger partial charge in [0.15, 0.2) is 0 Å². The van der Waals surface area contributed by atoms with Crippen molar-refractivity contribution in [2.24, 2.45) is 11.8 Å². The van der Waals surface area contributed by atoms with E-state index in [9.17, 15) is 0 Å². The van der Waals surface area contributed by atoms with Crippen LogP contribution in [-0.2, 0) is 4.74 Å². The van der Waals surface area contributed by atoms with Crippen LogP contribution in [0.3, 0.4) is 0 Å². The van der Waals surface area contributed by atoms with Crippen molar-refractivity contribution in [3.8, 4) is 0 Å². The first-order valence-electron chi connectivity index (χ1n) is 3.82. The molecule has 0 aromatic carbocycles. The molecule has 1 rings (SSSR count). The molecule has 0 aliphatic heterocycles. The van der Waals surface area contributed by atoms with Gasteiger partial charge in [-0.15, -0.1) is 0 Å². The minimum absolute atomic E-state index is 0.597. The number of hydrogen-bond acceptors (Lipinski definition) is 1. The number of methoxy groups -OCH3 is 1. The maximum atomic E-state index is 5.20. The third kappa shape index (κ3) is 1.45. The summed E-state index contributed by atoms with van der Waals surface area (Å²) in [7, 11) is 1.81. The van der Waals surface area contributed by atoms with Gasteiger partial charge in [-0.25, -0.2) is 0 Å². The Bertz CT molecular complexity index is 90.6. The summed E-state index contributed by atoms with van der Waals surface area (Å²) in [4.78, 5) is 0. The van der Waals surface area contributed by atoms with Crippen molar-refractivity contribution >= 4 is 0 Å². The van der Waals surface area contributed by atoms with Crippen LogP contribution < -0.4 is 0 Å². The molecule has 9 heavy (non-hydrogen) atoms. The van der Waals surface area contributed by atoms with E-state index in [1.165, 1.54) is 12.8 Å². The molecule has 54 valence electrons. The van der Waals surface area contributed by atoms with Crippen molar-refractivity contribution in [3.63, 3.8) is 0 Å². The Kier molecular flexibility index (Phi) is 2.12. The summed E-state index contributed by atoms with van der Waals surface area (Å²) in [6.45, 7) is 4.55. The summed E-state index contributed by atoms with van der Waals surface area (Å²) >= 11 is 0. The van der Waals surface area contributed by atoms with Crippen LogP contribution in [0.2, 0.25) is 0 Å². The van der Waals surface area contributed by atoms with Crippen LogP contribution in [0.4, 0.5) is 0 Å². The third-order valence-electron chi connectivity index (χ3n) is 2.46. The molecule has 0 N–H and O–H groups in total. The van der Waals surface area contributed by atoms with Crippen LogP contribution >= 0.6 is 0 Å². The monoisotopic (exact) mass is 128 g/mol. The Morgan fingerprint density at radius 3 is 2.67 bits per heavy atom. The average Bonchev–Trinajstić information content (AvgIpc) is 2.64. The summed E-state index contributed by atoms with van der Waals surface area (Å²) in [5.41, 5.74) is 0. The van der Waals surface area contributed by atoms with Crippen molar-refractivity contribution in [1.29, 1.82) is 0 Å². The topological polar surface area (TPSA) is 9.23 Å². The summed E-state index contributed by atoms with van der Waals surface area (Å²) < 4.78 is 5.20. The van der Waals surface area contributed by atoms with Gasteiger partial charge in [-0.2, -0.15) is 0 Å². The van der Waals surface area contributed by atoms with Crippen LogP contribution in [0.15, 0.2) is 0 Å². The van der Waals surface area contributed by atoms with Gasteiger partial charge in [-0.3, -0.25) is 0 Å². The van der Waals surface area contributed by atoms with Gasteiger partial charge >= 0.3 is 0 Å². The largest absolute Gasteiger partial charge is 0.381 e. The maximum absolute atomic E-state index is 5.20. The predicted molar refractivity (Wildman–Crippen MR) is 38.4 cm³/mol. The lowest BCUT2D eigenvalue weighted by molar-refractivity contribution is 0.159. The second-order valence-corrected chi connectivity index (χ2v) is 3.06. The Hall–Kier alpha value is -0.0400. The molecule has 3 atom stereocenters. The van der Waals surface area contributed by atoms with Gasteiger partial charge in [0.1, 0.15) is 0 Å². The molecule has 0 bridgehead atoms. The second-order valence-electron chi connectivity index (χ2n) is 3.06. The van der Waals surface area contributed by atoms with Crippen molar-refractivity contribution in [3.05, 3.63) is 0 Å². The zero-order chi connectivity index (χ0) is 6.85. The molecule has 1 nitrogen and oxygen atoms in total. The minimum atomic E-state index is 0.597. The fourth-order valence-electron chi connectivity index (χ4n) is 1.36. The molecule has 0 aromatic rings. The van der Waals surface area contributed by atoms with E-state index in [1.54, 1.807) is 0 Å². The highest BCUT2D eigenvalue weighted by atomic mass is 16.5. The molecule has 0 heterocycles. The molecule has 1 saturated carbocycles. The van der Waals surface area contributed by atoms with Crippen LogP contribution in [0, 0.1) is 11.8 Å². The number of ether oxygens (including phenoxy) is 1. The molecule has 0 aromatic heterocycles. The molecule has 0 saturated heterocycles. The second kappa shape index (κ2) is 2.70. The fraction of sp³-hybridized carbons (Fsp3) is 1.00. The lowest BCUT2D eigenvalue weighted by Crippen LogP contribution is -2.00. The van der Waals surface area contributed by atoms with E-state index < -0.39 is 0 Å². The predicted octanol–water partition coefficient (Wildman–Crippen LogP) is 2.07. The molecular formula is C8H16O. The Morgan fingerprint density at radius 2 is 2.33 bits per heavy atom. The van der Waals surface area contributed by atoms with Gasteiger partial charge in [0.25, 0.3) is 0 Å². The third-order valence-corrected chi connectivity index (χ3v) is 2.46. The average molecular weight is 128 g/mol. The van der Waals surface area contributed by atoms with Gasteiger partial charge in [0, 0.05) is 7.11 Å². The minimum Gasteiger partial charge on any atom is -0.381 e. The molecule has 3 unspecified atom stereocenters. The fourth-order valence-corrected chi connectivity index (χ4v) is 1.36. The standard InChI is InChI=1S/C8H16O/c1-4-6(2)7-5-8(7)9-3/h6-8H,4-5H2,1-3H3. The van der Waals surface area contributed by atoms with Gasteiger partial charge in [0.2, 0.25) is 0 Å². The first-order chi connectivity index (χ1) is 4.29. The van der Waals surface area contributed by atoms with Crippen LogP contribution in [0.5, 0.6) is 0 Å². The maximum Gasteiger partial charge on any atom is 0.0606 e. The summed E-state index contributed by atoms with van der Waals surface area (Å²) in [5, 5.41) is 0. The van der Waals surface area contributed by atoms with Crippen molar-refractivity contribution < 1.29 is 4.74 Å². The zero-order valence-corrected chi connectivity index (χ0v) is 6.55. The molecule has 1 fully saturated rings. The van der Waals surface area contributed by atoms with Crippen LogP contribution in [-0.4, -0.2) is 13.2 Å². The van der Waals surface area contributed by atoms with E-state index in [1.807, 2.05) is 7.11 Å². The van der Waals surface area contributed by atoms with Crippen LogP contribution in [0.1, 0.15) is 26.7 Å². The molecule has 1 aliphatic carbocycles. The lowest BCUT2D eigenvalue weighted by Gasteiger charge is -2.04. The SMILES string of the molecule is CCC(C)C1CC1OC. The van der Waals surface area contributed by atoms with Gasteiger partial charge in [-0.1, -0.05) is 20.3 Å². The van der Waals surface area contributed by atoms with E-state index in [0.29, 0.717) is 6.10 Å². The van der Waals surface area contributed by atoms with E-state index in [4.69, 9.17) is 4.74 Å². The van der Waals surface area contributed by atoms with E-state index >= 15 is 0 Å². The van der Waals surface area contributed by atoms with Gasteiger partial charge in [-0.05, 0) is 18.3 Å². The molecule has 0 radical (unpaired) electrons. The van der Waals surface area contributed by atoms with Gasteiger partial charge in [0.05, 0.1) is 6.10 Å². The Morgan fingerprint density at radius 1 is 1.67 bits per heavy atom. The molecular weight excluding hydrogens is 112 g/mol. The first-order valence-corrected chi connectivity index (χ1v) is 3.82. The molecule has 0 spiro atoms. The lowest BCUT2D eigenvalue weighted by atomic mass is 10.0. The summed E-state index contributed by atoms with van der Waals surface area (Å²) in [5.74, 6) is 1.75. The molecule has 1 aliphatic rings. The van der Waals surface area contributed by atoms with Crippen molar-refractivity contribution in [2.75, 3.05) is 7.11 Å². The Labute approximate surface area is 57.4 Å². The molecule has 1 heteroatoms. The van der Waals surface area contributed by atoms with E-state index in [-0.39, 0.29) is 0 Å². The highest BCUT2D eigenvalue weighted by Crippen LogP contribution is 2.40. The highest BCUT2D eigenvalue weighted by molar-refractivity contribution is 4.90. The Balaban J connectivity index is 2.17. The zero-order valence-electron chi connectivity index (χ0n) is 6.55. The first kappa shape index (κ1) is 7.07. The van der Waals surface area contributed by atoms with Crippen molar-refractivity contribution in [1.82, 2.24) is 0 Å². The number of hydrogen-bond donors (Lipinski definition) is 0. The number of rotatable bonds is 3. The summed E-state index contributed by atoms with van der Waals surface area (Å²) in [6, 6.07) is 0. The van der Waals surface area contributed by atoms with Crippen LogP contribution in [0.25, 0.3) is 0 Å². The smallest absolute Gasteiger partial charge is 0.0606 e.